The van der Waals surface area contributed by atoms with E-state index in [1.165, 1.54) is 0 Å². The fourth-order valence-corrected chi connectivity index (χ4v) is 2.01. The number of methoxy groups -OCH3 is 1. The van der Waals surface area contributed by atoms with Crippen molar-refractivity contribution in [2.75, 3.05) is 7.11 Å². The molecule has 0 saturated carbocycles. The Labute approximate surface area is 122 Å². The van der Waals surface area contributed by atoms with Crippen molar-refractivity contribution in [1.82, 2.24) is 0 Å². The molecule has 3 N–H and O–H groups in total. The molecule has 20 heavy (non-hydrogen) atoms. The number of halogens is 1. The zero-order chi connectivity index (χ0) is 14.5. The maximum Gasteiger partial charge on any atom is 0.169 e. The second kappa shape index (κ2) is 6.61. The van der Waals surface area contributed by atoms with Crippen LogP contribution in [-0.2, 0) is 13.2 Å². The van der Waals surface area contributed by atoms with Crippen molar-refractivity contribution in [3.8, 4) is 17.2 Å². The van der Waals surface area contributed by atoms with Crippen LogP contribution in [0, 0.1) is 0 Å². The van der Waals surface area contributed by atoms with Crippen LogP contribution in [0.1, 0.15) is 11.1 Å². The average molecular weight is 294 g/mol. The Bertz CT molecular complexity index is 602. The van der Waals surface area contributed by atoms with E-state index in [1.807, 2.05) is 6.07 Å². The molecule has 0 spiro atoms. The molecule has 0 aliphatic heterocycles. The lowest BCUT2D eigenvalue weighted by atomic mass is 10.2. The van der Waals surface area contributed by atoms with E-state index >= 15 is 0 Å². The van der Waals surface area contributed by atoms with Gasteiger partial charge in [0.25, 0.3) is 0 Å². The molecule has 106 valence electrons. The molecule has 0 heterocycles. The van der Waals surface area contributed by atoms with Gasteiger partial charge in [-0.25, -0.2) is 0 Å². The van der Waals surface area contributed by atoms with Gasteiger partial charge in [-0.05, 0) is 35.4 Å². The zero-order valence-corrected chi connectivity index (χ0v) is 11.9. The molecule has 0 amide bonds. The number of nitrogens with two attached hydrogens (primary N) is 1. The molecule has 2 rings (SSSR count). The number of aliphatic hydroxyl groups excluding tert-OH is 1. The quantitative estimate of drug-likeness (QED) is 0.889. The Morgan fingerprint density at radius 3 is 2.35 bits per heavy atom. The lowest BCUT2D eigenvalue weighted by Gasteiger charge is -2.13. The lowest BCUT2D eigenvalue weighted by molar-refractivity contribution is 0.280. The molecule has 0 unspecified atom stereocenters. The number of aliphatic hydroxyl groups is 1. The molecule has 0 aliphatic rings. The van der Waals surface area contributed by atoms with Crippen molar-refractivity contribution in [1.29, 1.82) is 0 Å². The van der Waals surface area contributed by atoms with Crippen LogP contribution in [0.3, 0.4) is 0 Å². The van der Waals surface area contributed by atoms with Gasteiger partial charge in [-0.15, -0.1) is 0 Å². The molecule has 2 aromatic rings. The van der Waals surface area contributed by atoms with Crippen LogP contribution in [0.25, 0.3) is 0 Å². The van der Waals surface area contributed by atoms with Crippen molar-refractivity contribution >= 4 is 11.6 Å². The van der Waals surface area contributed by atoms with Gasteiger partial charge in [-0.1, -0.05) is 23.7 Å². The van der Waals surface area contributed by atoms with Crippen LogP contribution < -0.4 is 15.2 Å². The Morgan fingerprint density at radius 2 is 1.75 bits per heavy atom. The van der Waals surface area contributed by atoms with Gasteiger partial charge in [-0.2, -0.15) is 0 Å². The van der Waals surface area contributed by atoms with E-state index in [0.717, 1.165) is 11.1 Å². The molecule has 4 nitrogen and oxygen atoms in total. The highest BCUT2D eigenvalue weighted by Gasteiger charge is 2.09. The van der Waals surface area contributed by atoms with Gasteiger partial charge in [0.2, 0.25) is 0 Å². The summed E-state index contributed by atoms with van der Waals surface area (Å²) in [5.41, 5.74) is 7.24. The minimum atomic E-state index is -0.0530. The molecule has 5 heteroatoms. The highest BCUT2D eigenvalue weighted by atomic mass is 35.5. The molecule has 0 radical (unpaired) electrons. The van der Waals surface area contributed by atoms with E-state index in [-0.39, 0.29) is 6.61 Å². The molecule has 0 aromatic heterocycles. The van der Waals surface area contributed by atoms with E-state index < -0.39 is 0 Å². The molecule has 0 atom stereocenters. The molecular weight excluding hydrogens is 278 g/mol. The molecule has 0 fully saturated rings. The summed E-state index contributed by atoms with van der Waals surface area (Å²) >= 11 is 6.15. The second-order valence-corrected chi connectivity index (χ2v) is 4.62. The van der Waals surface area contributed by atoms with Crippen molar-refractivity contribution in [3.63, 3.8) is 0 Å². The van der Waals surface area contributed by atoms with Crippen LogP contribution in [0.5, 0.6) is 17.2 Å². The van der Waals surface area contributed by atoms with Crippen LogP contribution in [0.15, 0.2) is 36.4 Å². The number of hydrogen-bond donors (Lipinski definition) is 2. The van der Waals surface area contributed by atoms with Gasteiger partial charge in [-0.3, -0.25) is 0 Å². The van der Waals surface area contributed by atoms with Gasteiger partial charge in [0.15, 0.2) is 11.5 Å². The van der Waals surface area contributed by atoms with E-state index in [2.05, 4.69) is 0 Å². The van der Waals surface area contributed by atoms with E-state index in [1.54, 1.807) is 37.4 Å². The van der Waals surface area contributed by atoms with Gasteiger partial charge >= 0.3 is 0 Å². The van der Waals surface area contributed by atoms with E-state index in [0.29, 0.717) is 28.8 Å². The summed E-state index contributed by atoms with van der Waals surface area (Å²) in [4.78, 5) is 0. The summed E-state index contributed by atoms with van der Waals surface area (Å²) in [5, 5.41) is 9.60. The van der Waals surface area contributed by atoms with E-state index in [4.69, 9.17) is 31.9 Å². The third kappa shape index (κ3) is 3.22. The fourth-order valence-electron chi connectivity index (χ4n) is 1.77. The summed E-state index contributed by atoms with van der Waals surface area (Å²) in [6.07, 6.45) is 0. The Morgan fingerprint density at radius 1 is 1.05 bits per heavy atom. The first-order valence-electron chi connectivity index (χ1n) is 6.12. The predicted molar refractivity (Wildman–Crippen MR) is 78.3 cm³/mol. The van der Waals surface area contributed by atoms with Crippen LogP contribution in [0.2, 0.25) is 5.02 Å². The van der Waals surface area contributed by atoms with Crippen molar-refractivity contribution in [2.45, 2.75) is 13.2 Å². The summed E-state index contributed by atoms with van der Waals surface area (Å²) < 4.78 is 11.0. The van der Waals surface area contributed by atoms with Crippen LogP contribution in [-0.4, -0.2) is 12.2 Å². The number of hydrogen-bond acceptors (Lipinski definition) is 4. The third-order valence-electron chi connectivity index (χ3n) is 2.86. The monoisotopic (exact) mass is 293 g/mol. The summed E-state index contributed by atoms with van der Waals surface area (Å²) in [6, 6.07) is 10.6. The molecule has 2 aromatic carbocycles. The van der Waals surface area contributed by atoms with Crippen molar-refractivity contribution in [2.24, 2.45) is 5.73 Å². The zero-order valence-electron chi connectivity index (χ0n) is 11.1. The molecular formula is C15H16ClNO3. The average Bonchev–Trinajstić information content (AvgIpc) is 2.49. The predicted octanol–water partition coefficient (Wildman–Crippen LogP) is 3.09. The van der Waals surface area contributed by atoms with Crippen molar-refractivity contribution < 1.29 is 14.6 Å². The third-order valence-corrected chi connectivity index (χ3v) is 3.16. The lowest BCUT2D eigenvalue weighted by Crippen LogP contribution is -1.97. The maximum atomic E-state index is 9.11. The number of benzene rings is 2. The van der Waals surface area contributed by atoms with Crippen LogP contribution in [0.4, 0.5) is 0 Å². The topological polar surface area (TPSA) is 64.7 Å². The minimum absolute atomic E-state index is 0.0530. The SMILES string of the molecule is COc1cc(CO)ccc1Oc1ccc(CN)cc1Cl. The molecule has 0 saturated heterocycles. The normalized spacial score (nSPS) is 10.4. The number of ether oxygens (including phenoxy) is 2. The Balaban J connectivity index is 2.29. The van der Waals surface area contributed by atoms with Gasteiger partial charge in [0.05, 0.1) is 18.7 Å². The highest BCUT2D eigenvalue weighted by Crippen LogP contribution is 2.35. The van der Waals surface area contributed by atoms with Crippen molar-refractivity contribution in [3.05, 3.63) is 52.5 Å². The van der Waals surface area contributed by atoms with Gasteiger partial charge in [0.1, 0.15) is 5.75 Å². The smallest absolute Gasteiger partial charge is 0.169 e. The molecule has 0 bridgehead atoms. The standard InChI is InChI=1S/C15H16ClNO3/c1-19-15-7-11(9-18)3-5-14(15)20-13-4-2-10(8-17)6-12(13)16/h2-7,18H,8-9,17H2,1H3. The Hall–Kier alpha value is -1.75. The van der Waals surface area contributed by atoms with Gasteiger partial charge < -0.3 is 20.3 Å². The highest BCUT2D eigenvalue weighted by molar-refractivity contribution is 6.32. The first-order valence-corrected chi connectivity index (χ1v) is 6.50. The fraction of sp³-hybridized carbons (Fsp3) is 0.200. The summed E-state index contributed by atoms with van der Waals surface area (Å²) in [5.74, 6) is 1.60. The van der Waals surface area contributed by atoms with E-state index in [9.17, 15) is 0 Å². The summed E-state index contributed by atoms with van der Waals surface area (Å²) in [7, 11) is 1.54. The molecule has 0 aliphatic carbocycles. The first-order chi connectivity index (χ1) is 9.67. The minimum Gasteiger partial charge on any atom is -0.493 e. The number of rotatable bonds is 5. The Kier molecular flexibility index (Phi) is 4.84. The largest absolute Gasteiger partial charge is 0.493 e. The summed E-state index contributed by atoms with van der Waals surface area (Å²) in [6.45, 7) is 0.372. The van der Waals surface area contributed by atoms with Gasteiger partial charge in [0, 0.05) is 6.54 Å². The van der Waals surface area contributed by atoms with Crippen LogP contribution >= 0.6 is 11.6 Å². The second-order valence-electron chi connectivity index (χ2n) is 4.21. The maximum absolute atomic E-state index is 9.11. The first kappa shape index (κ1) is 14.7.